The van der Waals surface area contributed by atoms with Crippen LogP contribution in [-0.2, 0) is 9.53 Å². The molecule has 0 spiro atoms. The lowest BCUT2D eigenvalue weighted by Gasteiger charge is -1.86. The number of rotatable bonds is 2. The number of esters is 1. The van der Waals surface area contributed by atoms with Gasteiger partial charge in [-0.25, -0.2) is 4.79 Å². The molecule has 1 rings (SSSR count). The van der Waals surface area contributed by atoms with Gasteiger partial charge in [-0.2, -0.15) is 0 Å². The predicted octanol–water partition coefficient (Wildman–Crippen LogP) is -0.0122. The molecule has 5 heteroatoms. The number of ether oxygens (including phenoxy) is 1. The Morgan fingerprint density at radius 2 is 2.60 bits per heavy atom. The van der Waals surface area contributed by atoms with Crippen LogP contribution in [0, 0.1) is 0 Å². The Morgan fingerprint density at radius 1 is 1.80 bits per heavy atom. The number of aromatic nitrogens is 1. The van der Waals surface area contributed by atoms with E-state index in [0.717, 1.165) is 0 Å². The quantitative estimate of drug-likeness (QED) is 0.329. The number of carbonyl (C=O) groups excluding carboxylic acids is 2. The van der Waals surface area contributed by atoms with Gasteiger partial charge in [0.05, 0.1) is 0 Å². The van der Waals surface area contributed by atoms with E-state index >= 15 is 0 Å². The molecular weight excluding hydrogens is 138 g/mol. The van der Waals surface area contributed by atoms with Crippen LogP contribution in [0.25, 0.3) is 0 Å². The van der Waals surface area contributed by atoms with Crippen LogP contribution in [0.5, 0.6) is 0 Å². The average Bonchev–Trinajstić information content (AvgIpc) is 2.38. The Balaban J connectivity index is 2.68. The molecule has 0 aromatic carbocycles. The SMILES string of the molecule is O=COC(=O)c1ccon1. The van der Waals surface area contributed by atoms with Gasteiger partial charge >= 0.3 is 12.4 Å². The second kappa shape index (κ2) is 2.77. The topological polar surface area (TPSA) is 69.4 Å². The molecule has 0 aliphatic rings. The first-order valence-electron chi connectivity index (χ1n) is 2.39. The third kappa shape index (κ3) is 1.19. The van der Waals surface area contributed by atoms with E-state index in [2.05, 4.69) is 14.4 Å². The standard InChI is InChI=1S/C5H3NO4/c7-3-9-5(8)4-1-2-10-6-4/h1-3H. The van der Waals surface area contributed by atoms with Gasteiger partial charge in [-0.1, -0.05) is 5.16 Å². The number of hydrogen-bond donors (Lipinski definition) is 0. The van der Waals surface area contributed by atoms with Gasteiger partial charge in [0.2, 0.25) is 0 Å². The first-order chi connectivity index (χ1) is 4.84. The monoisotopic (exact) mass is 141 g/mol. The molecule has 52 valence electrons. The fourth-order valence-electron chi connectivity index (χ4n) is 0.422. The molecule has 0 N–H and O–H groups in total. The zero-order valence-electron chi connectivity index (χ0n) is 4.81. The summed E-state index contributed by atoms with van der Waals surface area (Å²) in [5, 5.41) is 3.23. The summed E-state index contributed by atoms with van der Waals surface area (Å²) in [5.41, 5.74) is -0.0212. The molecule has 0 amide bonds. The van der Waals surface area contributed by atoms with Crippen LogP contribution in [0.15, 0.2) is 16.9 Å². The molecule has 0 fully saturated rings. The van der Waals surface area contributed by atoms with Gasteiger partial charge in [-0.15, -0.1) is 0 Å². The Hall–Kier alpha value is -1.65. The lowest BCUT2D eigenvalue weighted by atomic mass is 10.4. The summed E-state index contributed by atoms with van der Waals surface area (Å²) in [5.74, 6) is -0.816. The molecular formula is C5H3NO4. The van der Waals surface area contributed by atoms with Gasteiger partial charge in [0.15, 0.2) is 5.69 Å². The molecule has 1 heterocycles. The summed E-state index contributed by atoms with van der Waals surface area (Å²) in [7, 11) is 0. The van der Waals surface area contributed by atoms with Crippen LogP contribution in [0.2, 0.25) is 0 Å². The molecule has 0 atom stereocenters. The molecule has 1 aromatic heterocycles. The van der Waals surface area contributed by atoms with Gasteiger partial charge in [0, 0.05) is 6.07 Å². The van der Waals surface area contributed by atoms with E-state index in [1.165, 1.54) is 12.3 Å². The summed E-state index contributed by atoms with van der Waals surface area (Å²) >= 11 is 0. The van der Waals surface area contributed by atoms with Crippen LogP contribution in [-0.4, -0.2) is 17.6 Å². The van der Waals surface area contributed by atoms with Crippen molar-refractivity contribution in [1.29, 1.82) is 0 Å². The lowest BCUT2D eigenvalue weighted by Crippen LogP contribution is -2.02. The molecule has 1 aromatic rings. The molecule has 5 nitrogen and oxygen atoms in total. The second-order valence-corrected chi connectivity index (χ2v) is 1.39. The summed E-state index contributed by atoms with van der Waals surface area (Å²) < 4.78 is 8.26. The molecule has 0 bridgehead atoms. The minimum atomic E-state index is -0.816. The zero-order valence-corrected chi connectivity index (χ0v) is 4.81. The molecule has 0 unspecified atom stereocenters. The van der Waals surface area contributed by atoms with Crippen molar-refractivity contribution in [3.05, 3.63) is 18.0 Å². The Labute approximate surface area is 55.6 Å². The normalized spacial score (nSPS) is 8.80. The molecule has 0 radical (unpaired) electrons. The van der Waals surface area contributed by atoms with E-state index in [4.69, 9.17) is 0 Å². The largest absolute Gasteiger partial charge is 0.391 e. The van der Waals surface area contributed by atoms with E-state index in [0.29, 0.717) is 0 Å². The van der Waals surface area contributed by atoms with Gasteiger partial charge < -0.3 is 9.26 Å². The minimum absolute atomic E-state index is 0.0212. The van der Waals surface area contributed by atoms with Crippen molar-refractivity contribution in [3.63, 3.8) is 0 Å². The minimum Gasteiger partial charge on any atom is -0.391 e. The maximum absolute atomic E-state index is 10.5. The van der Waals surface area contributed by atoms with Crippen molar-refractivity contribution < 1.29 is 18.8 Å². The summed E-state index contributed by atoms with van der Waals surface area (Å²) in [6.07, 6.45) is 1.21. The maximum atomic E-state index is 10.5. The third-order valence-corrected chi connectivity index (χ3v) is 0.802. The molecule has 10 heavy (non-hydrogen) atoms. The maximum Gasteiger partial charge on any atom is 0.368 e. The average molecular weight is 141 g/mol. The van der Waals surface area contributed by atoms with E-state index < -0.39 is 5.97 Å². The first-order valence-corrected chi connectivity index (χ1v) is 2.39. The summed E-state index contributed by atoms with van der Waals surface area (Å²) in [6.45, 7) is 0.0387. The van der Waals surface area contributed by atoms with Crippen LogP contribution in [0.1, 0.15) is 10.5 Å². The van der Waals surface area contributed by atoms with Crippen molar-refractivity contribution in [1.82, 2.24) is 5.16 Å². The lowest BCUT2D eigenvalue weighted by molar-refractivity contribution is -0.123. The number of nitrogens with zero attached hydrogens (tertiary/aromatic N) is 1. The highest BCUT2D eigenvalue weighted by atomic mass is 16.6. The van der Waals surface area contributed by atoms with E-state index in [1.54, 1.807) is 0 Å². The highest BCUT2D eigenvalue weighted by Crippen LogP contribution is 1.95. The number of carbonyl (C=O) groups is 2. The first kappa shape index (κ1) is 6.47. The van der Waals surface area contributed by atoms with E-state index in [1.807, 2.05) is 0 Å². The van der Waals surface area contributed by atoms with Crippen LogP contribution >= 0.6 is 0 Å². The Bertz CT molecular complexity index is 228. The second-order valence-electron chi connectivity index (χ2n) is 1.39. The molecule has 0 saturated carbocycles. The van der Waals surface area contributed by atoms with Crippen molar-refractivity contribution in [3.8, 4) is 0 Å². The number of hydrogen-bond acceptors (Lipinski definition) is 5. The fraction of sp³-hybridized carbons (Fsp3) is 0. The van der Waals surface area contributed by atoms with Crippen LogP contribution in [0.3, 0.4) is 0 Å². The van der Waals surface area contributed by atoms with Gasteiger partial charge in [0.25, 0.3) is 0 Å². The highest BCUT2D eigenvalue weighted by molar-refractivity contribution is 5.90. The third-order valence-electron chi connectivity index (χ3n) is 0.802. The summed E-state index contributed by atoms with van der Waals surface area (Å²) in [4.78, 5) is 20.1. The van der Waals surface area contributed by atoms with Gasteiger partial charge in [-0.05, 0) is 0 Å². The molecule has 0 saturated heterocycles. The van der Waals surface area contributed by atoms with Crippen molar-refractivity contribution >= 4 is 12.4 Å². The van der Waals surface area contributed by atoms with Crippen LogP contribution < -0.4 is 0 Å². The smallest absolute Gasteiger partial charge is 0.368 e. The van der Waals surface area contributed by atoms with Crippen molar-refractivity contribution in [2.75, 3.05) is 0 Å². The summed E-state index contributed by atoms with van der Waals surface area (Å²) in [6, 6.07) is 1.30. The van der Waals surface area contributed by atoms with Gasteiger partial charge in [-0.3, -0.25) is 4.79 Å². The van der Waals surface area contributed by atoms with E-state index in [-0.39, 0.29) is 12.2 Å². The molecule has 0 aliphatic carbocycles. The van der Waals surface area contributed by atoms with Crippen molar-refractivity contribution in [2.24, 2.45) is 0 Å². The molecule has 0 aliphatic heterocycles. The highest BCUT2D eigenvalue weighted by Gasteiger charge is 2.08. The van der Waals surface area contributed by atoms with Gasteiger partial charge in [0.1, 0.15) is 6.26 Å². The predicted molar refractivity (Wildman–Crippen MR) is 28.0 cm³/mol. The fourth-order valence-corrected chi connectivity index (χ4v) is 0.422. The van der Waals surface area contributed by atoms with Crippen LogP contribution in [0.4, 0.5) is 0 Å². The van der Waals surface area contributed by atoms with E-state index in [9.17, 15) is 9.59 Å². The zero-order chi connectivity index (χ0) is 7.40. The van der Waals surface area contributed by atoms with Crippen molar-refractivity contribution in [2.45, 2.75) is 0 Å². The Morgan fingerprint density at radius 3 is 3.10 bits per heavy atom. The Kier molecular flexibility index (Phi) is 1.79.